The van der Waals surface area contributed by atoms with Gasteiger partial charge in [-0.25, -0.2) is 0 Å². The average Bonchev–Trinajstić information content (AvgIpc) is 2.58. The molecular formula is C18H19BrN2O3. The standard InChI is InChI=1S/C18H19BrN2O3/c1-13-5-7-16(8-6-13)24-10-9-20-17(22)12-21-18(23)14-3-2-4-15(19)11-14/h2-8,11H,9-10,12H2,1H3,(H,20,22)(H,21,23). The third-order valence-electron chi connectivity index (χ3n) is 3.21. The van der Waals surface area contributed by atoms with E-state index in [0.717, 1.165) is 15.8 Å². The van der Waals surface area contributed by atoms with Crippen LogP contribution in [-0.2, 0) is 4.79 Å². The molecule has 2 N–H and O–H groups in total. The summed E-state index contributed by atoms with van der Waals surface area (Å²) in [6, 6.07) is 14.7. The first-order valence-electron chi connectivity index (χ1n) is 7.54. The number of rotatable bonds is 7. The maximum atomic E-state index is 11.9. The van der Waals surface area contributed by atoms with E-state index < -0.39 is 0 Å². The van der Waals surface area contributed by atoms with Crippen LogP contribution in [0.2, 0.25) is 0 Å². The maximum absolute atomic E-state index is 11.9. The van der Waals surface area contributed by atoms with Crippen molar-refractivity contribution in [2.45, 2.75) is 6.92 Å². The molecule has 2 aromatic carbocycles. The molecule has 0 bridgehead atoms. The highest BCUT2D eigenvalue weighted by atomic mass is 79.9. The van der Waals surface area contributed by atoms with Crippen LogP contribution in [0.5, 0.6) is 5.75 Å². The zero-order valence-corrected chi connectivity index (χ0v) is 14.9. The molecule has 5 nitrogen and oxygen atoms in total. The van der Waals surface area contributed by atoms with Gasteiger partial charge in [-0.1, -0.05) is 39.7 Å². The van der Waals surface area contributed by atoms with E-state index in [0.29, 0.717) is 18.7 Å². The predicted molar refractivity (Wildman–Crippen MR) is 96.2 cm³/mol. The molecule has 2 amide bonds. The summed E-state index contributed by atoms with van der Waals surface area (Å²) in [5, 5.41) is 5.27. The lowest BCUT2D eigenvalue weighted by atomic mass is 10.2. The van der Waals surface area contributed by atoms with Crippen molar-refractivity contribution in [1.82, 2.24) is 10.6 Å². The number of benzene rings is 2. The molecule has 2 aromatic rings. The first-order valence-corrected chi connectivity index (χ1v) is 8.34. The van der Waals surface area contributed by atoms with E-state index in [4.69, 9.17) is 4.74 Å². The molecule has 0 unspecified atom stereocenters. The fourth-order valence-corrected chi connectivity index (χ4v) is 2.35. The van der Waals surface area contributed by atoms with Crippen LogP contribution in [0.15, 0.2) is 53.0 Å². The van der Waals surface area contributed by atoms with E-state index in [9.17, 15) is 9.59 Å². The van der Waals surface area contributed by atoms with Crippen LogP contribution >= 0.6 is 15.9 Å². The molecule has 0 spiro atoms. The molecule has 126 valence electrons. The molecule has 0 radical (unpaired) electrons. The third-order valence-corrected chi connectivity index (χ3v) is 3.70. The lowest BCUT2D eigenvalue weighted by Gasteiger charge is -2.09. The minimum absolute atomic E-state index is 0.0735. The van der Waals surface area contributed by atoms with Crippen molar-refractivity contribution in [2.24, 2.45) is 0 Å². The van der Waals surface area contributed by atoms with Crippen LogP contribution in [0.4, 0.5) is 0 Å². The third kappa shape index (κ3) is 6.04. The van der Waals surface area contributed by atoms with Gasteiger partial charge in [0.1, 0.15) is 12.4 Å². The Morgan fingerprint density at radius 2 is 1.83 bits per heavy atom. The van der Waals surface area contributed by atoms with Gasteiger partial charge < -0.3 is 15.4 Å². The van der Waals surface area contributed by atoms with E-state index >= 15 is 0 Å². The van der Waals surface area contributed by atoms with Crippen LogP contribution in [0.25, 0.3) is 0 Å². The number of aryl methyl sites for hydroxylation is 1. The largest absolute Gasteiger partial charge is 0.492 e. The summed E-state index contributed by atoms with van der Waals surface area (Å²) in [6.45, 7) is 2.68. The minimum atomic E-state index is -0.289. The predicted octanol–water partition coefficient (Wildman–Crippen LogP) is 2.68. The van der Waals surface area contributed by atoms with E-state index in [1.54, 1.807) is 18.2 Å². The first kappa shape index (κ1) is 18.0. The number of halogens is 1. The second-order valence-electron chi connectivity index (χ2n) is 5.20. The monoisotopic (exact) mass is 390 g/mol. The van der Waals surface area contributed by atoms with Gasteiger partial charge >= 0.3 is 0 Å². The maximum Gasteiger partial charge on any atom is 0.251 e. The van der Waals surface area contributed by atoms with Gasteiger partial charge in [-0.2, -0.15) is 0 Å². The van der Waals surface area contributed by atoms with Crippen molar-refractivity contribution in [3.8, 4) is 5.75 Å². The summed E-state index contributed by atoms with van der Waals surface area (Å²) in [4.78, 5) is 23.6. The van der Waals surface area contributed by atoms with Crippen molar-refractivity contribution in [1.29, 1.82) is 0 Å². The fourth-order valence-electron chi connectivity index (χ4n) is 1.95. The quantitative estimate of drug-likeness (QED) is 0.714. The molecule has 0 fully saturated rings. The average molecular weight is 391 g/mol. The summed E-state index contributed by atoms with van der Waals surface area (Å²) < 4.78 is 6.33. The van der Waals surface area contributed by atoms with Crippen molar-refractivity contribution < 1.29 is 14.3 Å². The van der Waals surface area contributed by atoms with Crippen molar-refractivity contribution in [3.63, 3.8) is 0 Å². The fraction of sp³-hybridized carbons (Fsp3) is 0.222. The van der Waals surface area contributed by atoms with Crippen molar-refractivity contribution in [3.05, 3.63) is 64.1 Å². The number of hydrogen-bond acceptors (Lipinski definition) is 3. The number of carbonyl (C=O) groups is 2. The highest BCUT2D eigenvalue weighted by molar-refractivity contribution is 9.10. The van der Waals surface area contributed by atoms with Crippen LogP contribution in [-0.4, -0.2) is 31.5 Å². The lowest BCUT2D eigenvalue weighted by molar-refractivity contribution is -0.120. The minimum Gasteiger partial charge on any atom is -0.492 e. The molecule has 0 saturated heterocycles. The van der Waals surface area contributed by atoms with Gasteiger partial charge in [-0.15, -0.1) is 0 Å². The normalized spacial score (nSPS) is 10.1. The topological polar surface area (TPSA) is 67.4 Å². The number of nitrogens with one attached hydrogen (secondary N) is 2. The summed E-state index contributed by atoms with van der Waals surface area (Å²) in [5.41, 5.74) is 1.66. The molecule has 6 heteroatoms. The molecule has 0 aromatic heterocycles. The smallest absolute Gasteiger partial charge is 0.251 e. The second kappa shape index (κ2) is 9.08. The molecule has 0 heterocycles. The number of ether oxygens (including phenoxy) is 1. The number of carbonyl (C=O) groups excluding carboxylic acids is 2. The highest BCUT2D eigenvalue weighted by Crippen LogP contribution is 2.11. The zero-order chi connectivity index (χ0) is 17.4. The Balaban J connectivity index is 1.64. The van der Waals surface area contributed by atoms with Crippen molar-refractivity contribution in [2.75, 3.05) is 19.7 Å². The molecule has 2 rings (SSSR count). The van der Waals surface area contributed by atoms with Gasteiger partial charge in [-0.05, 0) is 37.3 Å². The van der Waals surface area contributed by atoms with Gasteiger partial charge in [0.2, 0.25) is 5.91 Å². The molecule has 0 saturated carbocycles. The van der Waals surface area contributed by atoms with Crippen LogP contribution in [0, 0.1) is 6.92 Å². The van der Waals surface area contributed by atoms with Crippen molar-refractivity contribution >= 4 is 27.7 Å². The molecule has 0 aliphatic rings. The summed E-state index contributed by atoms with van der Waals surface area (Å²) >= 11 is 3.30. The molecule has 24 heavy (non-hydrogen) atoms. The van der Waals surface area contributed by atoms with Gasteiger partial charge in [0.15, 0.2) is 0 Å². The lowest BCUT2D eigenvalue weighted by Crippen LogP contribution is -2.38. The SMILES string of the molecule is Cc1ccc(OCCNC(=O)CNC(=O)c2cccc(Br)c2)cc1. The Morgan fingerprint density at radius 3 is 2.54 bits per heavy atom. The number of amides is 2. The van der Waals surface area contributed by atoms with Crippen LogP contribution < -0.4 is 15.4 Å². The van der Waals surface area contributed by atoms with Gasteiger partial charge in [0.25, 0.3) is 5.91 Å². The zero-order valence-electron chi connectivity index (χ0n) is 13.3. The van der Waals surface area contributed by atoms with Crippen LogP contribution in [0.3, 0.4) is 0 Å². The van der Waals surface area contributed by atoms with Gasteiger partial charge in [0, 0.05) is 10.0 Å². The summed E-state index contributed by atoms with van der Waals surface area (Å²) in [6.07, 6.45) is 0. The molecular weight excluding hydrogens is 372 g/mol. The van der Waals surface area contributed by atoms with Crippen LogP contribution in [0.1, 0.15) is 15.9 Å². The van der Waals surface area contributed by atoms with Gasteiger partial charge in [-0.3, -0.25) is 9.59 Å². The Bertz CT molecular complexity index is 702. The Labute approximate surface area is 149 Å². The van der Waals surface area contributed by atoms with E-state index in [2.05, 4.69) is 26.6 Å². The Morgan fingerprint density at radius 1 is 1.08 bits per heavy atom. The molecule has 0 aliphatic carbocycles. The van der Waals surface area contributed by atoms with E-state index in [1.165, 1.54) is 0 Å². The molecule has 0 atom stereocenters. The van der Waals surface area contributed by atoms with E-state index in [-0.39, 0.29) is 18.4 Å². The highest BCUT2D eigenvalue weighted by Gasteiger charge is 2.08. The first-order chi connectivity index (χ1) is 11.5. The molecule has 0 aliphatic heterocycles. The Hall–Kier alpha value is -2.34. The van der Waals surface area contributed by atoms with Gasteiger partial charge in [0.05, 0.1) is 13.1 Å². The summed E-state index contributed by atoms with van der Waals surface area (Å²) in [7, 11) is 0. The Kier molecular flexibility index (Phi) is 6.81. The number of hydrogen-bond donors (Lipinski definition) is 2. The second-order valence-corrected chi connectivity index (χ2v) is 6.12. The van der Waals surface area contributed by atoms with E-state index in [1.807, 2.05) is 37.3 Å². The summed E-state index contributed by atoms with van der Waals surface area (Å²) in [5.74, 6) is 0.214.